The van der Waals surface area contributed by atoms with Crippen LogP contribution < -0.4 is 4.90 Å². The predicted octanol–water partition coefficient (Wildman–Crippen LogP) is 7.03. The van der Waals surface area contributed by atoms with Gasteiger partial charge in [-0.15, -0.1) is 5.10 Å². The molecule has 16 heteroatoms. The first-order valence-corrected chi connectivity index (χ1v) is 13.7. The van der Waals surface area contributed by atoms with Crippen LogP contribution in [-0.2, 0) is 43.4 Å². The van der Waals surface area contributed by atoms with Crippen LogP contribution >= 0.6 is 0 Å². The largest absolute Gasteiger partial charge is 0.416 e. The Labute approximate surface area is 247 Å². The van der Waals surface area contributed by atoms with Gasteiger partial charge in [0.25, 0.3) is 5.95 Å². The number of ether oxygens (including phenoxy) is 1. The van der Waals surface area contributed by atoms with Gasteiger partial charge in [-0.05, 0) is 72.5 Å². The lowest BCUT2D eigenvalue weighted by molar-refractivity contribution is -0.143. The van der Waals surface area contributed by atoms with Crippen LogP contribution in [0.3, 0.4) is 0 Å². The second-order valence-corrected chi connectivity index (χ2v) is 10.9. The summed E-state index contributed by atoms with van der Waals surface area (Å²) in [6.45, 7) is 5.70. The molecule has 2 aromatic carbocycles. The van der Waals surface area contributed by atoms with Gasteiger partial charge in [0.1, 0.15) is 0 Å². The van der Waals surface area contributed by atoms with Crippen molar-refractivity contribution in [2.75, 3.05) is 18.0 Å². The van der Waals surface area contributed by atoms with Crippen LogP contribution in [0, 0.1) is 0 Å². The molecule has 0 spiro atoms. The molecule has 1 saturated heterocycles. The van der Waals surface area contributed by atoms with Gasteiger partial charge in [0.15, 0.2) is 0 Å². The van der Waals surface area contributed by atoms with E-state index in [-0.39, 0.29) is 42.4 Å². The average molecular weight is 639 g/mol. The summed E-state index contributed by atoms with van der Waals surface area (Å²) in [4.78, 5) is 4.32. The van der Waals surface area contributed by atoms with Crippen molar-refractivity contribution in [2.24, 2.45) is 7.05 Å². The molecule has 0 amide bonds. The van der Waals surface area contributed by atoms with Crippen LogP contribution in [0.4, 0.5) is 45.5 Å². The van der Waals surface area contributed by atoms with Crippen molar-refractivity contribution in [3.8, 4) is 0 Å². The number of halogens is 9. The van der Waals surface area contributed by atoms with Crippen molar-refractivity contribution in [3.05, 3.63) is 69.8 Å². The van der Waals surface area contributed by atoms with Crippen LogP contribution in [0.25, 0.3) is 0 Å². The Kier molecular flexibility index (Phi) is 9.54. The number of benzene rings is 2. The maximum absolute atomic E-state index is 13.9. The zero-order valence-electron chi connectivity index (χ0n) is 24.2. The first-order valence-electron chi connectivity index (χ1n) is 13.7. The quantitative estimate of drug-likeness (QED) is 0.247. The molecule has 7 nitrogen and oxygen atoms in total. The predicted molar refractivity (Wildman–Crippen MR) is 141 cm³/mol. The first kappa shape index (κ1) is 33.5. The Hall–Kier alpha value is -3.40. The lowest BCUT2D eigenvalue weighted by Gasteiger charge is -2.41. The minimum absolute atomic E-state index is 0.00941. The number of aromatic nitrogens is 4. The van der Waals surface area contributed by atoms with E-state index >= 15 is 0 Å². The van der Waals surface area contributed by atoms with Crippen molar-refractivity contribution < 1.29 is 44.3 Å². The summed E-state index contributed by atoms with van der Waals surface area (Å²) in [5.74, 6) is -0.191. The number of nitrogens with zero attached hydrogens (tertiary/aromatic N) is 6. The van der Waals surface area contributed by atoms with Crippen LogP contribution in [0.1, 0.15) is 66.6 Å². The molecule has 1 aliphatic rings. The third-order valence-corrected chi connectivity index (χ3v) is 7.27. The van der Waals surface area contributed by atoms with Gasteiger partial charge >= 0.3 is 18.5 Å². The minimum atomic E-state index is -5.08. The van der Waals surface area contributed by atoms with Crippen molar-refractivity contribution in [1.29, 1.82) is 0 Å². The highest BCUT2D eigenvalue weighted by Gasteiger charge is 2.38. The molecular weight excluding hydrogens is 607 g/mol. The van der Waals surface area contributed by atoms with E-state index in [1.165, 1.54) is 18.0 Å². The molecule has 1 fully saturated rings. The standard InChI is InChI=1S/C28H31F9N6O/c1-5-24(42-12-16(2)44-17(3)13-42)23-7-6-20(26(29,30)31)10-19(23)15-43(25-38-40-41(4)39-25)14-18-8-21(27(32,33)34)11-22(9-18)28(35,36)37/h6-11,16-17,24H,5,12-15H2,1-4H3. The zero-order chi connectivity index (χ0) is 32.6. The van der Waals surface area contributed by atoms with E-state index < -0.39 is 47.3 Å². The number of aryl methyl sites for hydroxylation is 1. The fourth-order valence-electron chi connectivity index (χ4n) is 5.53. The molecule has 3 unspecified atom stereocenters. The SMILES string of the molecule is CCC(c1ccc(C(F)(F)F)cc1CN(Cc1cc(C(F)(F)F)cc(C(F)(F)F)c1)c1nnn(C)n1)N1CC(C)OC(C)C1. The van der Waals surface area contributed by atoms with Gasteiger partial charge in [-0.2, -0.15) is 44.3 Å². The number of hydrogen-bond acceptors (Lipinski definition) is 6. The molecule has 44 heavy (non-hydrogen) atoms. The number of morpholine rings is 1. The summed E-state index contributed by atoms with van der Waals surface area (Å²) in [5.41, 5.74) is -3.70. The van der Waals surface area contributed by atoms with Crippen LogP contribution in [0.5, 0.6) is 0 Å². The zero-order valence-corrected chi connectivity index (χ0v) is 24.2. The Balaban J connectivity index is 1.82. The van der Waals surface area contributed by atoms with Gasteiger partial charge in [-0.1, -0.05) is 18.1 Å². The smallest absolute Gasteiger partial charge is 0.373 e. The third-order valence-electron chi connectivity index (χ3n) is 7.27. The second-order valence-electron chi connectivity index (χ2n) is 10.9. The van der Waals surface area contributed by atoms with Crippen LogP contribution in [0.15, 0.2) is 36.4 Å². The van der Waals surface area contributed by atoms with Gasteiger partial charge in [0.2, 0.25) is 0 Å². The summed E-state index contributed by atoms with van der Waals surface area (Å²) in [6.07, 6.45) is -14.7. The molecule has 242 valence electrons. The minimum Gasteiger partial charge on any atom is -0.373 e. The molecular formula is C28H31F9N6O. The second kappa shape index (κ2) is 12.5. The maximum Gasteiger partial charge on any atom is 0.416 e. The Morgan fingerprint density at radius 1 is 0.841 bits per heavy atom. The average Bonchev–Trinajstić information content (AvgIpc) is 3.33. The number of alkyl halides is 9. The maximum atomic E-state index is 13.9. The summed E-state index contributed by atoms with van der Waals surface area (Å²) in [6, 6.07) is 4.06. The summed E-state index contributed by atoms with van der Waals surface area (Å²) < 4.78 is 129. The molecule has 0 aliphatic carbocycles. The van der Waals surface area contributed by atoms with Crippen molar-refractivity contribution >= 4 is 5.95 Å². The normalized spacial score (nSPS) is 19.3. The Bertz CT molecular complexity index is 1390. The first-order chi connectivity index (χ1) is 20.3. The van der Waals surface area contributed by atoms with Crippen LogP contribution in [-0.4, -0.2) is 50.4 Å². The molecule has 3 aromatic rings. The van der Waals surface area contributed by atoms with Crippen LogP contribution in [0.2, 0.25) is 0 Å². The molecule has 4 rings (SSSR count). The molecule has 2 heterocycles. The number of hydrogen-bond donors (Lipinski definition) is 0. The lowest BCUT2D eigenvalue weighted by atomic mass is 9.93. The van der Waals surface area contributed by atoms with Gasteiger partial charge in [0, 0.05) is 32.2 Å². The van der Waals surface area contributed by atoms with E-state index in [2.05, 4.69) is 20.3 Å². The Morgan fingerprint density at radius 2 is 1.41 bits per heavy atom. The highest BCUT2D eigenvalue weighted by molar-refractivity contribution is 5.42. The summed E-state index contributed by atoms with van der Waals surface area (Å²) in [5, 5.41) is 11.6. The van der Waals surface area contributed by atoms with E-state index in [0.29, 0.717) is 37.2 Å². The fraction of sp³-hybridized carbons (Fsp3) is 0.536. The van der Waals surface area contributed by atoms with E-state index in [1.807, 2.05) is 20.8 Å². The Morgan fingerprint density at radius 3 is 1.89 bits per heavy atom. The van der Waals surface area contributed by atoms with E-state index in [4.69, 9.17) is 4.74 Å². The summed E-state index contributed by atoms with van der Waals surface area (Å²) >= 11 is 0. The molecule has 0 N–H and O–H groups in total. The topological polar surface area (TPSA) is 59.3 Å². The van der Waals surface area contributed by atoms with Crippen molar-refractivity contribution in [1.82, 2.24) is 25.1 Å². The lowest BCUT2D eigenvalue weighted by Crippen LogP contribution is -2.47. The van der Waals surface area contributed by atoms with E-state index in [1.54, 1.807) is 0 Å². The van der Waals surface area contributed by atoms with E-state index in [0.717, 1.165) is 16.9 Å². The number of anilines is 1. The fourth-order valence-corrected chi connectivity index (χ4v) is 5.53. The monoisotopic (exact) mass is 638 g/mol. The van der Waals surface area contributed by atoms with Crippen molar-refractivity contribution in [3.63, 3.8) is 0 Å². The molecule has 3 atom stereocenters. The highest BCUT2D eigenvalue weighted by Crippen LogP contribution is 2.38. The molecule has 1 aromatic heterocycles. The third kappa shape index (κ3) is 8.00. The summed E-state index contributed by atoms with van der Waals surface area (Å²) in [7, 11) is 1.39. The van der Waals surface area contributed by atoms with Crippen molar-refractivity contribution in [2.45, 2.75) is 77.1 Å². The van der Waals surface area contributed by atoms with Gasteiger partial charge in [-0.3, -0.25) is 4.90 Å². The molecule has 0 saturated carbocycles. The molecule has 0 bridgehead atoms. The van der Waals surface area contributed by atoms with Gasteiger partial charge in [-0.25, -0.2) is 0 Å². The number of rotatable bonds is 8. The molecule has 1 aliphatic heterocycles. The van der Waals surface area contributed by atoms with E-state index in [9.17, 15) is 39.5 Å². The van der Waals surface area contributed by atoms with Gasteiger partial charge in [0.05, 0.1) is 35.9 Å². The highest BCUT2D eigenvalue weighted by atomic mass is 19.4. The molecule has 0 radical (unpaired) electrons. The number of tetrazole rings is 1. The van der Waals surface area contributed by atoms with Gasteiger partial charge < -0.3 is 9.64 Å².